The summed E-state index contributed by atoms with van der Waals surface area (Å²) >= 11 is 0. The highest BCUT2D eigenvalue weighted by molar-refractivity contribution is 6.38. The minimum atomic E-state index is -1.62. The van der Waals surface area contributed by atoms with Crippen LogP contribution in [0.4, 0.5) is 0 Å². The van der Waals surface area contributed by atoms with Crippen LogP contribution in [0.3, 0.4) is 0 Å². The zero-order valence-corrected chi connectivity index (χ0v) is 17.4. The summed E-state index contributed by atoms with van der Waals surface area (Å²) in [6.45, 7) is 24.5. The summed E-state index contributed by atoms with van der Waals surface area (Å²) in [5.74, 6) is 7.98. The molecule has 2 fully saturated rings. The van der Waals surface area contributed by atoms with Crippen LogP contribution in [0.25, 0.3) is 0 Å². The predicted molar refractivity (Wildman–Crippen MR) is 96.6 cm³/mol. The molecule has 0 bridgehead atoms. The molecule has 0 unspecified atom stereocenters. The van der Waals surface area contributed by atoms with Crippen LogP contribution in [0.5, 0.6) is 0 Å². The van der Waals surface area contributed by atoms with Crippen molar-refractivity contribution in [1.29, 1.82) is 0 Å². The third kappa shape index (κ3) is 4.61. The lowest BCUT2D eigenvalue weighted by Gasteiger charge is -2.25. The molecule has 2 aliphatic rings. The lowest BCUT2D eigenvalue weighted by molar-refractivity contribution is 0.00578. The van der Waals surface area contributed by atoms with E-state index in [9.17, 15) is 0 Å². The zero-order valence-electron chi connectivity index (χ0n) is 16.4. The van der Waals surface area contributed by atoms with E-state index in [2.05, 4.69) is 41.2 Å². The van der Waals surface area contributed by atoms with Crippen LogP contribution in [0.1, 0.15) is 69.2 Å². The van der Waals surface area contributed by atoms with Crippen LogP contribution in [0, 0.1) is 29.6 Å². The Morgan fingerprint density at radius 3 is 1.26 bits per heavy atom. The Morgan fingerprint density at radius 2 is 1.04 bits per heavy atom. The molecule has 0 N–H and O–H groups in total. The number of hydrogen-bond acceptors (Lipinski definition) is 3. The van der Waals surface area contributed by atoms with E-state index < -0.39 is 9.53 Å². The van der Waals surface area contributed by atoms with Gasteiger partial charge in [0.2, 0.25) is 0 Å². The smallest absolute Gasteiger partial charge is 0.316 e. The van der Waals surface area contributed by atoms with Crippen molar-refractivity contribution >= 4 is 9.53 Å². The molecule has 3 nitrogen and oxygen atoms in total. The van der Waals surface area contributed by atoms with Crippen molar-refractivity contribution in [2.24, 2.45) is 0 Å². The summed E-state index contributed by atoms with van der Waals surface area (Å²) in [7, 11) is -1.62. The summed E-state index contributed by atoms with van der Waals surface area (Å²) in [5.41, 5.74) is -0.590. The first-order valence-electron chi connectivity index (χ1n) is 8.08. The third-order valence-electron chi connectivity index (χ3n) is 5.20. The van der Waals surface area contributed by atoms with E-state index in [1.807, 2.05) is 27.7 Å². The Kier molecular flexibility index (Phi) is 6.56. The Hall–Kier alpha value is -0.323. The number of allylic oxidation sites excluding steroid dienone is 1. The molecular formula is C19H32O3Si+. The van der Waals surface area contributed by atoms with Crippen LogP contribution >= 0.6 is 0 Å². The fourth-order valence-electron chi connectivity index (χ4n) is 2.27. The van der Waals surface area contributed by atoms with Crippen molar-refractivity contribution in [1.82, 2.24) is 0 Å². The van der Waals surface area contributed by atoms with Crippen LogP contribution in [0.2, 0.25) is 0 Å². The standard InChI is InChI=1S/C10H15.C9H17O3Si/c1-6-7(2)9(4)10(5)8(6)3;1-7(2)10-13-11-8(3,4)9(5,6)12-13/h1-5H3;1H2,2-6H3/q;+1. The van der Waals surface area contributed by atoms with Crippen molar-refractivity contribution in [3.05, 3.63) is 41.9 Å². The van der Waals surface area contributed by atoms with E-state index >= 15 is 0 Å². The molecule has 2 rings (SSSR count). The number of hydrogen-bond donors (Lipinski definition) is 0. The first-order chi connectivity index (χ1) is 10.3. The predicted octanol–water partition coefficient (Wildman–Crippen LogP) is 5.10. The minimum Gasteiger partial charge on any atom is -0.316 e. The van der Waals surface area contributed by atoms with E-state index in [4.69, 9.17) is 13.3 Å². The lowest BCUT2D eigenvalue weighted by atomic mass is 9.90. The van der Waals surface area contributed by atoms with Gasteiger partial charge in [-0.3, -0.25) is 0 Å². The third-order valence-corrected chi connectivity index (χ3v) is 7.07. The average molecular weight is 337 g/mol. The first-order valence-corrected chi connectivity index (χ1v) is 9.30. The Labute approximate surface area is 145 Å². The number of rotatable bonds is 2. The Balaban J connectivity index is 0.000000238. The molecule has 23 heavy (non-hydrogen) atoms. The topological polar surface area (TPSA) is 27.7 Å². The lowest BCUT2D eigenvalue weighted by Crippen LogP contribution is -2.41. The summed E-state index contributed by atoms with van der Waals surface area (Å²) in [6.07, 6.45) is 0. The van der Waals surface area contributed by atoms with Gasteiger partial charge in [-0.1, -0.05) is 41.2 Å². The van der Waals surface area contributed by atoms with Gasteiger partial charge in [0, 0.05) is 0 Å². The normalized spacial score (nSPS) is 26.3. The van der Waals surface area contributed by atoms with Crippen LogP contribution in [-0.2, 0) is 13.3 Å². The van der Waals surface area contributed by atoms with E-state index in [1.165, 1.54) is 29.6 Å². The molecule has 0 aromatic rings. The van der Waals surface area contributed by atoms with Gasteiger partial charge in [-0.2, -0.15) is 8.85 Å². The van der Waals surface area contributed by atoms with Crippen molar-refractivity contribution in [3.8, 4) is 0 Å². The van der Waals surface area contributed by atoms with E-state index in [0.717, 1.165) is 0 Å². The molecule has 0 atom stereocenters. The molecule has 1 heterocycles. The molecule has 1 aliphatic heterocycles. The van der Waals surface area contributed by atoms with Crippen molar-refractivity contribution in [3.63, 3.8) is 0 Å². The van der Waals surface area contributed by atoms with Crippen molar-refractivity contribution in [2.45, 2.75) is 80.4 Å². The van der Waals surface area contributed by atoms with Gasteiger partial charge in [0.05, 0.1) is 0 Å². The van der Waals surface area contributed by atoms with Crippen LogP contribution < -0.4 is 0 Å². The highest BCUT2D eigenvalue weighted by Crippen LogP contribution is 2.51. The molecule has 0 amide bonds. The van der Waals surface area contributed by atoms with Gasteiger partial charge < -0.3 is 4.43 Å². The summed E-state index contributed by atoms with van der Waals surface area (Å²) < 4.78 is 16.7. The highest BCUT2D eigenvalue weighted by Gasteiger charge is 2.65. The van der Waals surface area contributed by atoms with Gasteiger partial charge in [-0.15, -0.1) is 0 Å². The average Bonchev–Trinajstić information content (AvgIpc) is 2.69. The molecule has 0 aromatic carbocycles. The van der Waals surface area contributed by atoms with Gasteiger partial charge in [-0.25, -0.2) is 0 Å². The molecule has 129 valence electrons. The molecule has 1 aliphatic carbocycles. The largest absolute Gasteiger partial charge is 0.905 e. The van der Waals surface area contributed by atoms with E-state index in [-0.39, 0.29) is 11.2 Å². The van der Waals surface area contributed by atoms with E-state index in [0.29, 0.717) is 5.76 Å². The minimum absolute atomic E-state index is 0.295. The molecule has 0 spiro atoms. The van der Waals surface area contributed by atoms with E-state index in [1.54, 1.807) is 6.92 Å². The fourth-order valence-corrected chi connectivity index (χ4v) is 4.01. The maximum Gasteiger partial charge on any atom is 0.905 e. The van der Waals surface area contributed by atoms with Crippen molar-refractivity contribution in [2.75, 3.05) is 0 Å². The first kappa shape index (κ1) is 20.7. The summed E-state index contributed by atoms with van der Waals surface area (Å²) in [4.78, 5) is 0. The van der Waals surface area contributed by atoms with Crippen LogP contribution in [-0.4, -0.2) is 20.7 Å². The molecule has 4 heteroatoms. The summed E-state index contributed by atoms with van der Waals surface area (Å²) in [6, 6.07) is 0. The molecule has 5 radical (unpaired) electrons. The van der Waals surface area contributed by atoms with Gasteiger partial charge >= 0.3 is 9.53 Å². The van der Waals surface area contributed by atoms with Gasteiger partial charge in [-0.05, 0) is 64.2 Å². The molecule has 1 saturated heterocycles. The SMILES string of the molecule is C=C(C)O[Si+]1OC(C)(C)C(C)(C)O1.C[C]1[C](C)[C](C)[C](C)[C]1C. The molecule has 0 aromatic heterocycles. The second-order valence-electron chi connectivity index (χ2n) is 7.40. The molecule has 1 saturated carbocycles. The molecular weight excluding hydrogens is 304 g/mol. The highest BCUT2D eigenvalue weighted by atomic mass is 28.3. The Bertz CT molecular complexity index is 358. The maximum atomic E-state index is 5.67. The monoisotopic (exact) mass is 336 g/mol. The van der Waals surface area contributed by atoms with Gasteiger partial charge in [0.15, 0.2) is 0 Å². The fraction of sp³-hybridized carbons (Fsp3) is 0.632. The quantitative estimate of drug-likeness (QED) is 0.519. The zero-order chi connectivity index (χ0) is 18.2. The van der Waals surface area contributed by atoms with Gasteiger partial charge in [0.25, 0.3) is 0 Å². The van der Waals surface area contributed by atoms with Crippen molar-refractivity contribution < 1.29 is 13.3 Å². The Morgan fingerprint density at radius 1 is 0.783 bits per heavy atom. The second kappa shape index (κ2) is 7.28. The summed E-state index contributed by atoms with van der Waals surface area (Å²) in [5, 5.41) is 0. The maximum absolute atomic E-state index is 5.67. The van der Waals surface area contributed by atoms with Gasteiger partial charge in [0.1, 0.15) is 17.0 Å². The second-order valence-corrected chi connectivity index (χ2v) is 8.52. The van der Waals surface area contributed by atoms with Crippen LogP contribution in [0.15, 0.2) is 12.3 Å².